The largest absolute Gasteiger partial charge is 0.361 e. The molecule has 0 atom stereocenters. The van der Waals surface area contributed by atoms with Gasteiger partial charge in [0.15, 0.2) is 11.6 Å². The fourth-order valence-corrected chi connectivity index (χ4v) is 3.39. The molecule has 10 heteroatoms. The highest BCUT2D eigenvalue weighted by atomic mass is 32.2. The number of hydrogen-bond donors (Lipinski definition) is 2. The molecule has 0 unspecified atom stereocenters. The quantitative estimate of drug-likeness (QED) is 0.693. The zero-order valence-electron chi connectivity index (χ0n) is 13.9. The second kappa shape index (κ2) is 7.16. The van der Waals surface area contributed by atoms with Gasteiger partial charge in [-0.15, -0.1) is 0 Å². The number of hydrogen-bond acceptors (Lipinski definition) is 5. The predicted molar refractivity (Wildman–Crippen MR) is 92.8 cm³/mol. The number of carbonyl (C=O) groups excluding carboxylic acids is 1. The van der Waals surface area contributed by atoms with Crippen LogP contribution in [0.2, 0.25) is 0 Å². The summed E-state index contributed by atoms with van der Waals surface area (Å²) < 4.78 is 58.4. The Kier molecular flexibility index (Phi) is 4.91. The highest BCUT2D eigenvalue weighted by molar-refractivity contribution is 7.92. The van der Waals surface area contributed by atoms with Gasteiger partial charge in [0.05, 0.1) is 6.20 Å². The van der Waals surface area contributed by atoms with Crippen molar-refractivity contribution in [1.82, 2.24) is 5.16 Å². The molecule has 7 nitrogen and oxygen atoms in total. The van der Waals surface area contributed by atoms with Crippen LogP contribution in [0, 0.1) is 18.6 Å². The van der Waals surface area contributed by atoms with E-state index in [0.29, 0.717) is 11.4 Å². The fraction of sp³-hybridized carbons (Fsp3) is 0.0588. The maximum Gasteiger partial charge on any atom is 0.264 e. The van der Waals surface area contributed by atoms with Gasteiger partial charge in [-0.1, -0.05) is 11.2 Å². The first kappa shape index (κ1) is 18.5. The Hall–Kier alpha value is -3.27. The van der Waals surface area contributed by atoms with Crippen molar-refractivity contribution in [2.24, 2.45) is 0 Å². The van der Waals surface area contributed by atoms with Crippen LogP contribution in [0.3, 0.4) is 0 Å². The molecule has 3 aromatic rings. The molecule has 0 saturated carbocycles. The molecular weight excluding hydrogens is 380 g/mol. The molecule has 1 aromatic heterocycles. The molecule has 0 spiro atoms. The highest BCUT2D eigenvalue weighted by Crippen LogP contribution is 2.22. The lowest BCUT2D eigenvalue weighted by atomic mass is 10.2. The van der Waals surface area contributed by atoms with Crippen LogP contribution in [-0.4, -0.2) is 19.5 Å². The monoisotopic (exact) mass is 393 g/mol. The van der Waals surface area contributed by atoms with Gasteiger partial charge in [-0.2, -0.15) is 0 Å². The van der Waals surface area contributed by atoms with Crippen LogP contribution in [0.15, 0.2) is 58.1 Å². The summed E-state index contributed by atoms with van der Waals surface area (Å²) in [6.45, 7) is 1.59. The van der Waals surface area contributed by atoms with Crippen molar-refractivity contribution in [1.29, 1.82) is 0 Å². The number of benzene rings is 2. The third kappa shape index (κ3) is 3.95. The number of sulfonamides is 1. The standard InChI is InChI=1S/C17H13F2N3O4S/c1-10-13(9-20-26-10)17(23)21-11-5-7-12(8-6-11)22-27(24,25)15-4-2-3-14(18)16(15)19/h2-9,22H,1H3,(H,21,23). The van der Waals surface area contributed by atoms with Crippen molar-refractivity contribution in [2.45, 2.75) is 11.8 Å². The SMILES string of the molecule is Cc1oncc1C(=O)Nc1ccc(NS(=O)(=O)c2cccc(F)c2F)cc1. The molecular formula is C17H13F2N3O4S. The van der Waals surface area contributed by atoms with E-state index in [2.05, 4.69) is 15.2 Å². The van der Waals surface area contributed by atoms with Crippen LogP contribution in [-0.2, 0) is 10.0 Å². The normalized spacial score (nSPS) is 11.2. The fourth-order valence-electron chi connectivity index (χ4n) is 2.24. The average Bonchev–Trinajstić information content (AvgIpc) is 3.05. The topological polar surface area (TPSA) is 101 Å². The first-order chi connectivity index (χ1) is 12.8. The van der Waals surface area contributed by atoms with Crippen molar-refractivity contribution < 1.29 is 26.5 Å². The minimum Gasteiger partial charge on any atom is -0.361 e. The molecule has 0 aliphatic rings. The number of aromatic nitrogens is 1. The second-order valence-electron chi connectivity index (χ2n) is 5.48. The van der Waals surface area contributed by atoms with Crippen LogP contribution >= 0.6 is 0 Å². The number of halogens is 2. The van der Waals surface area contributed by atoms with E-state index in [1.54, 1.807) is 6.92 Å². The van der Waals surface area contributed by atoms with E-state index in [4.69, 9.17) is 4.52 Å². The second-order valence-corrected chi connectivity index (χ2v) is 7.14. The van der Waals surface area contributed by atoms with Gasteiger partial charge in [0, 0.05) is 11.4 Å². The number of rotatable bonds is 5. The van der Waals surface area contributed by atoms with Crippen molar-refractivity contribution >= 4 is 27.3 Å². The van der Waals surface area contributed by atoms with Crippen molar-refractivity contribution in [3.63, 3.8) is 0 Å². The molecule has 0 saturated heterocycles. The molecule has 0 fully saturated rings. The Labute approximate surface area is 153 Å². The van der Waals surface area contributed by atoms with Gasteiger partial charge in [0.2, 0.25) is 0 Å². The van der Waals surface area contributed by atoms with E-state index in [9.17, 15) is 22.0 Å². The summed E-state index contributed by atoms with van der Waals surface area (Å²) in [5, 5.41) is 6.11. The van der Waals surface area contributed by atoms with Crippen LogP contribution < -0.4 is 10.0 Å². The van der Waals surface area contributed by atoms with Gasteiger partial charge in [-0.25, -0.2) is 17.2 Å². The predicted octanol–water partition coefficient (Wildman–Crippen LogP) is 3.31. The van der Waals surface area contributed by atoms with Crippen LogP contribution in [0.4, 0.5) is 20.2 Å². The number of carbonyl (C=O) groups is 1. The molecule has 27 heavy (non-hydrogen) atoms. The maximum atomic E-state index is 13.7. The van der Waals surface area contributed by atoms with Gasteiger partial charge < -0.3 is 9.84 Å². The van der Waals surface area contributed by atoms with Crippen LogP contribution in [0.1, 0.15) is 16.1 Å². The minimum atomic E-state index is -4.32. The maximum absolute atomic E-state index is 13.7. The first-order valence-electron chi connectivity index (χ1n) is 7.57. The third-order valence-electron chi connectivity index (χ3n) is 3.60. The Morgan fingerprint density at radius 1 is 1.07 bits per heavy atom. The Morgan fingerprint density at radius 3 is 2.37 bits per heavy atom. The molecule has 2 N–H and O–H groups in total. The van der Waals surface area contributed by atoms with Gasteiger partial charge in [-0.3, -0.25) is 9.52 Å². The molecule has 140 valence electrons. The molecule has 0 radical (unpaired) electrons. The van der Waals surface area contributed by atoms with Gasteiger partial charge >= 0.3 is 0 Å². The van der Waals surface area contributed by atoms with Gasteiger partial charge in [0.1, 0.15) is 16.2 Å². The lowest BCUT2D eigenvalue weighted by Crippen LogP contribution is -2.15. The average molecular weight is 393 g/mol. The molecule has 3 rings (SSSR count). The molecule has 1 amide bonds. The summed E-state index contributed by atoms with van der Waals surface area (Å²) >= 11 is 0. The van der Waals surface area contributed by atoms with Crippen molar-refractivity contribution in [3.05, 3.63) is 71.6 Å². The van der Waals surface area contributed by atoms with E-state index in [0.717, 1.165) is 18.2 Å². The molecule has 2 aromatic carbocycles. The van der Waals surface area contributed by atoms with E-state index in [-0.39, 0.29) is 11.3 Å². The summed E-state index contributed by atoms with van der Waals surface area (Å²) in [7, 11) is -4.32. The third-order valence-corrected chi connectivity index (χ3v) is 4.99. The molecule has 0 bridgehead atoms. The number of nitrogens with zero attached hydrogens (tertiary/aromatic N) is 1. The Balaban J connectivity index is 1.75. The van der Waals surface area contributed by atoms with Crippen molar-refractivity contribution in [2.75, 3.05) is 10.0 Å². The van der Waals surface area contributed by atoms with E-state index in [1.807, 2.05) is 0 Å². The molecule has 1 heterocycles. The lowest BCUT2D eigenvalue weighted by molar-refractivity contribution is 0.102. The Morgan fingerprint density at radius 2 is 1.74 bits per heavy atom. The van der Waals surface area contributed by atoms with Gasteiger partial charge in [0.25, 0.3) is 15.9 Å². The number of amides is 1. The van der Waals surface area contributed by atoms with E-state index in [1.165, 1.54) is 30.5 Å². The summed E-state index contributed by atoms with van der Waals surface area (Å²) in [4.78, 5) is 11.3. The summed E-state index contributed by atoms with van der Waals surface area (Å²) in [5.41, 5.74) is 0.764. The van der Waals surface area contributed by atoms with Gasteiger partial charge in [-0.05, 0) is 43.3 Å². The zero-order chi connectivity index (χ0) is 19.6. The number of aryl methyl sites for hydroxylation is 1. The van der Waals surface area contributed by atoms with Crippen LogP contribution in [0.25, 0.3) is 0 Å². The molecule has 0 aliphatic carbocycles. The summed E-state index contributed by atoms with van der Waals surface area (Å²) in [5.74, 6) is -2.81. The first-order valence-corrected chi connectivity index (χ1v) is 9.06. The van der Waals surface area contributed by atoms with E-state index < -0.39 is 32.5 Å². The van der Waals surface area contributed by atoms with Crippen LogP contribution in [0.5, 0.6) is 0 Å². The Bertz CT molecular complexity index is 1100. The number of anilines is 2. The lowest BCUT2D eigenvalue weighted by Gasteiger charge is -2.10. The summed E-state index contributed by atoms with van der Waals surface area (Å²) in [6.07, 6.45) is 1.28. The smallest absolute Gasteiger partial charge is 0.264 e. The highest BCUT2D eigenvalue weighted by Gasteiger charge is 2.21. The zero-order valence-corrected chi connectivity index (χ0v) is 14.7. The van der Waals surface area contributed by atoms with Crippen molar-refractivity contribution in [3.8, 4) is 0 Å². The summed E-state index contributed by atoms with van der Waals surface area (Å²) in [6, 6.07) is 8.49. The minimum absolute atomic E-state index is 0.109. The molecule has 0 aliphatic heterocycles. The number of nitrogens with one attached hydrogen (secondary N) is 2. The van der Waals surface area contributed by atoms with E-state index >= 15 is 0 Å².